The van der Waals surface area contributed by atoms with Crippen molar-refractivity contribution in [2.24, 2.45) is 0 Å². The van der Waals surface area contributed by atoms with Crippen LogP contribution in [-0.4, -0.2) is 11.2 Å². The van der Waals surface area contributed by atoms with Gasteiger partial charge in [0.2, 0.25) is 0 Å². The van der Waals surface area contributed by atoms with E-state index in [1.807, 2.05) is 6.08 Å². The third kappa shape index (κ3) is 3.99. The summed E-state index contributed by atoms with van der Waals surface area (Å²) in [4.78, 5) is 0. The molecule has 0 aromatic heterocycles. The highest BCUT2D eigenvalue weighted by Crippen LogP contribution is 2.06. The van der Waals surface area contributed by atoms with Gasteiger partial charge >= 0.3 is 0 Å². The van der Waals surface area contributed by atoms with Crippen LogP contribution in [0.25, 0.3) is 0 Å². The van der Waals surface area contributed by atoms with Crippen LogP contribution in [0.4, 0.5) is 0 Å². The summed E-state index contributed by atoms with van der Waals surface area (Å²) in [6, 6.07) is 0. The fraction of sp³-hybridized carbons (Fsp3) is 0.600. The van der Waals surface area contributed by atoms with Gasteiger partial charge in [0.05, 0.1) is 6.10 Å². The zero-order valence-electron chi connectivity index (χ0n) is 6.87. The molecule has 1 rings (SSSR count). The number of rotatable bonds is 0. The van der Waals surface area contributed by atoms with E-state index in [-0.39, 0.29) is 6.10 Å². The van der Waals surface area contributed by atoms with Gasteiger partial charge in [-0.15, -0.1) is 0 Å². The quantitative estimate of drug-likeness (QED) is 0.528. The van der Waals surface area contributed by atoms with Crippen molar-refractivity contribution >= 4 is 0 Å². The molecule has 0 aliphatic heterocycles. The molecule has 1 nitrogen and oxygen atoms in total. The van der Waals surface area contributed by atoms with Gasteiger partial charge in [0, 0.05) is 0 Å². The molecule has 0 aromatic carbocycles. The standard InChI is InChI=1S/C10H16O/c11-10-8-6-4-2-1-3-5-7-9-10/h2,4,7,9-11H,1,3,5-6,8H2/b4-2-,9-7-. The van der Waals surface area contributed by atoms with Gasteiger partial charge < -0.3 is 5.11 Å². The summed E-state index contributed by atoms with van der Waals surface area (Å²) in [6.07, 6.45) is 13.5. The fourth-order valence-electron chi connectivity index (χ4n) is 1.21. The molecule has 62 valence electrons. The summed E-state index contributed by atoms with van der Waals surface area (Å²) in [5, 5.41) is 9.31. The summed E-state index contributed by atoms with van der Waals surface area (Å²) in [7, 11) is 0. The first-order chi connectivity index (χ1) is 5.39. The van der Waals surface area contributed by atoms with Crippen molar-refractivity contribution in [3.8, 4) is 0 Å². The normalized spacial score (nSPS) is 32.6. The van der Waals surface area contributed by atoms with Crippen molar-refractivity contribution in [1.29, 1.82) is 0 Å². The third-order valence-electron chi connectivity index (χ3n) is 1.90. The Labute approximate surface area is 68.4 Å². The van der Waals surface area contributed by atoms with Gasteiger partial charge in [-0.05, 0) is 32.1 Å². The lowest BCUT2D eigenvalue weighted by Gasteiger charge is -2.03. The lowest BCUT2D eigenvalue weighted by Crippen LogP contribution is -2.00. The number of allylic oxidation sites excluding steroid dienone is 3. The Morgan fingerprint density at radius 2 is 1.73 bits per heavy atom. The monoisotopic (exact) mass is 152 g/mol. The molecule has 11 heavy (non-hydrogen) atoms. The average molecular weight is 152 g/mol. The minimum atomic E-state index is -0.224. The summed E-state index contributed by atoms with van der Waals surface area (Å²) >= 11 is 0. The summed E-state index contributed by atoms with van der Waals surface area (Å²) in [5.41, 5.74) is 0. The van der Waals surface area contributed by atoms with E-state index in [0.29, 0.717) is 0 Å². The van der Waals surface area contributed by atoms with Gasteiger partial charge in [-0.25, -0.2) is 0 Å². The first kappa shape index (κ1) is 8.54. The molecule has 0 fully saturated rings. The SMILES string of the molecule is OC1/C=C\CCC/C=C\CC1. The maximum atomic E-state index is 9.31. The van der Waals surface area contributed by atoms with Gasteiger partial charge in [0.15, 0.2) is 0 Å². The number of aliphatic hydroxyl groups is 1. The van der Waals surface area contributed by atoms with Crippen LogP contribution in [0.2, 0.25) is 0 Å². The molecule has 0 bridgehead atoms. The molecule has 1 atom stereocenters. The molecule has 0 radical (unpaired) electrons. The molecule has 1 N–H and O–H groups in total. The molecular weight excluding hydrogens is 136 g/mol. The third-order valence-corrected chi connectivity index (χ3v) is 1.90. The van der Waals surface area contributed by atoms with Crippen LogP contribution < -0.4 is 0 Å². The Bertz CT molecular complexity index is 147. The number of hydrogen-bond donors (Lipinski definition) is 1. The smallest absolute Gasteiger partial charge is 0.0723 e. The largest absolute Gasteiger partial charge is 0.389 e. The van der Waals surface area contributed by atoms with Crippen LogP contribution in [0.1, 0.15) is 32.1 Å². The van der Waals surface area contributed by atoms with E-state index in [9.17, 15) is 5.11 Å². The van der Waals surface area contributed by atoms with Crippen LogP contribution in [0.15, 0.2) is 24.3 Å². The maximum Gasteiger partial charge on any atom is 0.0723 e. The van der Waals surface area contributed by atoms with Crippen molar-refractivity contribution < 1.29 is 5.11 Å². The van der Waals surface area contributed by atoms with Gasteiger partial charge in [-0.1, -0.05) is 24.3 Å². The van der Waals surface area contributed by atoms with Crippen LogP contribution in [-0.2, 0) is 0 Å². The van der Waals surface area contributed by atoms with Crippen molar-refractivity contribution in [2.75, 3.05) is 0 Å². The Kier molecular flexibility index (Phi) is 3.99. The first-order valence-electron chi connectivity index (χ1n) is 4.39. The molecular formula is C10H16O. The Balaban J connectivity index is 2.34. The van der Waals surface area contributed by atoms with Crippen LogP contribution >= 0.6 is 0 Å². The molecule has 1 unspecified atom stereocenters. The molecule has 1 heteroatoms. The molecule has 0 saturated heterocycles. The lowest BCUT2D eigenvalue weighted by atomic mass is 10.1. The second-order valence-corrected chi connectivity index (χ2v) is 2.98. The highest BCUT2D eigenvalue weighted by molar-refractivity contribution is 4.93. The number of hydrogen-bond acceptors (Lipinski definition) is 1. The van der Waals surface area contributed by atoms with E-state index >= 15 is 0 Å². The molecule has 0 aromatic rings. The Hall–Kier alpha value is -0.560. The van der Waals surface area contributed by atoms with Crippen LogP contribution in [0.5, 0.6) is 0 Å². The highest BCUT2D eigenvalue weighted by Gasteiger charge is 1.96. The first-order valence-corrected chi connectivity index (χ1v) is 4.39. The van der Waals surface area contributed by atoms with Gasteiger partial charge in [0.25, 0.3) is 0 Å². The van der Waals surface area contributed by atoms with E-state index in [1.54, 1.807) is 0 Å². The molecule has 1 aliphatic rings. The predicted molar refractivity (Wildman–Crippen MR) is 47.4 cm³/mol. The summed E-state index contributed by atoms with van der Waals surface area (Å²) in [6.45, 7) is 0. The van der Waals surface area contributed by atoms with Gasteiger partial charge in [0.1, 0.15) is 0 Å². The Morgan fingerprint density at radius 3 is 2.64 bits per heavy atom. The van der Waals surface area contributed by atoms with Crippen LogP contribution in [0, 0.1) is 0 Å². The minimum absolute atomic E-state index is 0.224. The van der Waals surface area contributed by atoms with Crippen molar-refractivity contribution in [3.05, 3.63) is 24.3 Å². The second kappa shape index (κ2) is 5.14. The van der Waals surface area contributed by atoms with E-state index < -0.39 is 0 Å². The fourth-order valence-corrected chi connectivity index (χ4v) is 1.21. The number of aliphatic hydroxyl groups excluding tert-OH is 1. The summed E-state index contributed by atoms with van der Waals surface area (Å²) < 4.78 is 0. The van der Waals surface area contributed by atoms with Gasteiger partial charge in [-0.2, -0.15) is 0 Å². The molecule has 0 amide bonds. The van der Waals surface area contributed by atoms with Crippen molar-refractivity contribution in [2.45, 2.75) is 38.2 Å². The van der Waals surface area contributed by atoms with E-state index in [2.05, 4.69) is 18.2 Å². The second-order valence-electron chi connectivity index (χ2n) is 2.98. The van der Waals surface area contributed by atoms with Gasteiger partial charge in [-0.3, -0.25) is 0 Å². The van der Waals surface area contributed by atoms with Crippen molar-refractivity contribution in [3.63, 3.8) is 0 Å². The summed E-state index contributed by atoms with van der Waals surface area (Å²) in [5.74, 6) is 0. The van der Waals surface area contributed by atoms with Crippen LogP contribution in [0.3, 0.4) is 0 Å². The predicted octanol–water partition coefficient (Wildman–Crippen LogP) is 2.42. The lowest BCUT2D eigenvalue weighted by molar-refractivity contribution is 0.213. The Morgan fingerprint density at radius 1 is 1.00 bits per heavy atom. The van der Waals surface area contributed by atoms with E-state index in [1.165, 1.54) is 12.8 Å². The molecule has 0 spiro atoms. The molecule has 1 aliphatic carbocycles. The maximum absolute atomic E-state index is 9.31. The highest BCUT2D eigenvalue weighted by atomic mass is 16.3. The van der Waals surface area contributed by atoms with Crippen molar-refractivity contribution in [1.82, 2.24) is 0 Å². The van der Waals surface area contributed by atoms with E-state index in [4.69, 9.17) is 0 Å². The zero-order valence-corrected chi connectivity index (χ0v) is 6.87. The van der Waals surface area contributed by atoms with E-state index in [0.717, 1.165) is 19.3 Å². The minimum Gasteiger partial charge on any atom is -0.389 e. The molecule has 0 saturated carbocycles. The molecule has 0 heterocycles. The topological polar surface area (TPSA) is 20.2 Å². The zero-order chi connectivity index (χ0) is 7.94. The average Bonchev–Trinajstić information content (AvgIpc) is 2.03.